The van der Waals surface area contributed by atoms with E-state index in [1.807, 2.05) is 25.1 Å². The number of H-pyrrole nitrogens is 1. The number of aromatic nitrogens is 4. The second-order valence-corrected chi connectivity index (χ2v) is 6.71. The van der Waals surface area contributed by atoms with Crippen molar-refractivity contribution in [3.8, 4) is 11.3 Å². The summed E-state index contributed by atoms with van der Waals surface area (Å²) in [6.45, 7) is 4.24. The molecule has 1 amide bonds. The maximum absolute atomic E-state index is 12.2. The van der Waals surface area contributed by atoms with E-state index in [1.165, 1.54) is 4.57 Å². The number of aromatic amines is 1. The van der Waals surface area contributed by atoms with E-state index in [0.29, 0.717) is 23.8 Å². The third-order valence-corrected chi connectivity index (χ3v) is 4.49. The summed E-state index contributed by atoms with van der Waals surface area (Å²) in [5.41, 5.74) is 3.78. The van der Waals surface area contributed by atoms with Crippen LogP contribution in [0.5, 0.6) is 0 Å². The third-order valence-electron chi connectivity index (χ3n) is 4.24. The lowest BCUT2D eigenvalue weighted by atomic mass is 10.1. The summed E-state index contributed by atoms with van der Waals surface area (Å²) in [7, 11) is 0. The summed E-state index contributed by atoms with van der Waals surface area (Å²) in [6, 6.07) is 9.20. The fourth-order valence-electron chi connectivity index (χ4n) is 2.85. The molecule has 0 saturated carbocycles. The minimum Gasteiger partial charge on any atom is -0.352 e. The SMILES string of the molecule is Cc1cc(C)n(CCC(=O)NCc2cn[nH]c2-c2ccc(Cl)cc2)c(=O)n1. The molecule has 1 aromatic carbocycles. The molecule has 0 bridgehead atoms. The molecule has 0 radical (unpaired) electrons. The molecule has 0 saturated heterocycles. The minimum atomic E-state index is -0.333. The van der Waals surface area contributed by atoms with Crippen LogP contribution in [-0.2, 0) is 17.9 Å². The van der Waals surface area contributed by atoms with Crippen molar-refractivity contribution in [2.45, 2.75) is 33.4 Å². The molecule has 3 aromatic rings. The number of aryl methyl sites for hydroxylation is 2. The molecule has 140 valence electrons. The van der Waals surface area contributed by atoms with Crippen molar-refractivity contribution in [1.29, 1.82) is 0 Å². The zero-order valence-corrected chi connectivity index (χ0v) is 15.9. The fraction of sp³-hybridized carbons (Fsp3) is 0.263. The second-order valence-electron chi connectivity index (χ2n) is 6.28. The van der Waals surface area contributed by atoms with Gasteiger partial charge < -0.3 is 5.32 Å². The zero-order valence-electron chi connectivity index (χ0n) is 15.1. The van der Waals surface area contributed by atoms with Gasteiger partial charge >= 0.3 is 5.69 Å². The van der Waals surface area contributed by atoms with Crippen LogP contribution in [0.4, 0.5) is 0 Å². The van der Waals surface area contributed by atoms with E-state index in [4.69, 9.17) is 11.6 Å². The first-order valence-electron chi connectivity index (χ1n) is 8.54. The first-order valence-corrected chi connectivity index (χ1v) is 8.92. The van der Waals surface area contributed by atoms with Crippen molar-refractivity contribution < 1.29 is 4.79 Å². The summed E-state index contributed by atoms with van der Waals surface area (Å²) >= 11 is 5.92. The van der Waals surface area contributed by atoms with Gasteiger partial charge in [-0.05, 0) is 37.6 Å². The lowest BCUT2D eigenvalue weighted by Gasteiger charge is -2.10. The second kappa shape index (κ2) is 8.18. The molecule has 7 nitrogen and oxygen atoms in total. The minimum absolute atomic E-state index is 0.148. The van der Waals surface area contributed by atoms with Crippen LogP contribution in [0.2, 0.25) is 5.02 Å². The average molecular weight is 386 g/mol. The zero-order chi connectivity index (χ0) is 19.4. The van der Waals surface area contributed by atoms with Gasteiger partial charge in [0.25, 0.3) is 0 Å². The Bertz CT molecular complexity index is 1010. The molecule has 0 fully saturated rings. The molecule has 8 heteroatoms. The predicted molar refractivity (Wildman–Crippen MR) is 103 cm³/mol. The molecule has 0 unspecified atom stereocenters. The molecule has 2 heterocycles. The molecule has 3 rings (SSSR count). The van der Waals surface area contributed by atoms with Crippen LogP contribution in [0.1, 0.15) is 23.4 Å². The maximum atomic E-state index is 12.2. The fourth-order valence-corrected chi connectivity index (χ4v) is 2.98. The first kappa shape index (κ1) is 18.8. The van der Waals surface area contributed by atoms with Crippen molar-refractivity contribution in [3.63, 3.8) is 0 Å². The molecule has 0 spiro atoms. The van der Waals surface area contributed by atoms with Gasteiger partial charge in [0.15, 0.2) is 0 Å². The molecular formula is C19H20ClN5O2. The number of benzene rings is 1. The van der Waals surface area contributed by atoms with E-state index >= 15 is 0 Å². The number of hydrogen-bond donors (Lipinski definition) is 2. The third kappa shape index (κ3) is 4.62. The first-order chi connectivity index (χ1) is 12.9. The van der Waals surface area contributed by atoms with Crippen LogP contribution >= 0.6 is 11.6 Å². The maximum Gasteiger partial charge on any atom is 0.347 e. The number of rotatable bonds is 6. The Labute approximate surface area is 161 Å². The van der Waals surface area contributed by atoms with E-state index in [0.717, 1.165) is 22.5 Å². The summed E-state index contributed by atoms with van der Waals surface area (Å²) in [4.78, 5) is 28.0. The number of carbonyl (C=O) groups excluding carboxylic acids is 1. The van der Waals surface area contributed by atoms with Gasteiger partial charge in [-0.15, -0.1) is 0 Å². The highest BCUT2D eigenvalue weighted by Gasteiger charge is 2.10. The molecule has 2 aromatic heterocycles. The van der Waals surface area contributed by atoms with Crippen LogP contribution in [-0.4, -0.2) is 25.7 Å². The highest BCUT2D eigenvalue weighted by molar-refractivity contribution is 6.30. The molecular weight excluding hydrogens is 366 g/mol. The number of nitrogens with zero attached hydrogens (tertiary/aromatic N) is 3. The van der Waals surface area contributed by atoms with Gasteiger partial charge in [-0.2, -0.15) is 10.1 Å². The molecule has 0 aliphatic heterocycles. The van der Waals surface area contributed by atoms with Crippen molar-refractivity contribution in [1.82, 2.24) is 25.1 Å². The Morgan fingerprint density at radius 1 is 1.26 bits per heavy atom. The van der Waals surface area contributed by atoms with Crippen molar-refractivity contribution in [2.75, 3.05) is 0 Å². The Kier molecular flexibility index (Phi) is 5.71. The van der Waals surface area contributed by atoms with Crippen LogP contribution in [0, 0.1) is 13.8 Å². The molecule has 27 heavy (non-hydrogen) atoms. The molecule has 2 N–H and O–H groups in total. The molecule has 0 aliphatic rings. The van der Waals surface area contributed by atoms with Crippen molar-refractivity contribution >= 4 is 17.5 Å². The normalized spacial score (nSPS) is 10.8. The van der Waals surface area contributed by atoms with E-state index in [1.54, 1.807) is 25.3 Å². The average Bonchev–Trinajstić information content (AvgIpc) is 3.08. The van der Waals surface area contributed by atoms with E-state index < -0.39 is 0 Å². The van der Waals surface area contributed by atoms with Crippen LogP contribution in [0.25, 0.3) is 11.3 Å². The lowest BCUT2D eigenvalue weighted by Crippen LogP contribution is -2.29. The van der Waals surface area contributed by atoms with Crippen LogP contribution in [0.3, 0.4) is 0 Å². The Hall–Kier alpha value is -2.93. The van der Waals surface area contributed by atoms with Crippen molar-refractivity contribution in [2.24, 2.45) is 0 Å². The summed E-state index contributed by atoms with van der Waals surface area (Å²) in [5.74, 6) is -0.148. The summed E-state index contributed by atoms with van der Waals surface area (Å²) in [6.07, 6.45) is 1.88. The quantitative estimate of drug-likeness (QED) is 0.682. The smallest absolute Gasteiger partial charge is 0.347 e. The van der Waals surface area contributed by atoms with E-state index in [2.05, 4.69) is 20.5 Å². The van der Waals surface area contributed by atoms with Gasteiger partial charge in [0.1, 0.15) is 0 Å². The number of amides is 1. The Morgan fingerprint density at radius 2 is 2.00 bits per heavy atom. The molecule has 0 aliphatic carbocycles. The highest BCUT2D eigenvalue weighted by atomic mass is 35.5. The van der Waals surface area contributed by atoms with Gasteiger partial charge in [-0.1, -0.05) is 23.7 Å². The van der Waals surface area contributed by atoms with Gasteiger partial charge in [0, 0.05) is 41.5 Å². The van der Waals surface area contributed by atoms with Crippen molar-refractivity contribution in [3.05, 3.63) is 69.0 Å². The summed E-state index contributed by atoms with van der Waals surface area (Å²) in [5, 5.41) is 10.5. The Morgan fingerprint density at radius 3 is 2.70 bits per heavy atom. The van der Waals surface area contributed by atoms with Gasteiger partial charge in [0.05, 0.1) is 11.9 Å². The van der Waals surface area contributed by atoms with Crippen LogP contribution < -0.4 is 11.0 Å². The number of hydrogen-bond acceptors (Lipinski definition) is 4. The number of halogens is 1. The van der Waals surface area contributed by atoms with E-state index in [9.17, 15) is 9.59 Å². The number of carbonyl (C=O) groups is 1. The standard InChI is InChI=1S/C19H20ClN5O2/c1-12-9-13(2)25(19(27)23-12)8-7-17(26)21-10-15-11-22-24-18(15)14-3-5-16(20)6-4-14/h3-6,9,11H,7-8,10H2,1-2H3,(H,21,26)(H,22,24). The van der Waals surface area contributed by atoms with Gasteiger partial charge in [-0.25, -0.2) is 4.79 Å². The topological polar surface area (TPSA) is 92.7 Å². The summed E-state index contributed by atoms with van der Waals surface area (Å²) < 4.78 is 1.50. The van der Waals surface area contributed by atoms with Gasteiger partial charge in [0.2, 0.25) is 5.91 Å². The Balaban J connectivity index is 1.60. The number of nitrogens with one attached hydrogen (secondary N) is 2. The highest BCUT2D eigenvalue weighted by Crippen LogP contribution is 2.22. The largest absolute Gasteiger partial charge is 0.352 e. The predicted octanol–water partition coefficient (Wildman–Crippen LogP) is 2.61. The van der Waals surface area contributed by atoms with Crippen LogP contribution in [0.15, 0.2) is 41.3 Å². The lowest BCUT2D eigenvalue weighted by molar-refractivity contribution is -0.121. The van der Waals surface area contributed by atoms with E-state index in [-0.39, 0.29) is 18.0 Å². The molecule has 0 atom stereocenters. The van der Waals surface area contributed by atoms with Gasteiger partial charge in [-0.3, -0.25) is 14.5 Å². The monoisotopic (exact) mass is 385 g/mol.